The predicted molar refractivity (Wildman–Crippen MR) is 119 cm³/mol. The van der Waals surface area contributed by atoms with Gasteiger partial charge in [0.25, 0.3) is 11.8 Å². The van der Waals surface area contributed by atoms with Crippen molar-refractivity contribution in [2.24, 2.45) is 5.92 Å². The Kier molecular flexibility index (Phi) is 6.11. The molecule has 0 bridgehead atoms. The molecular formula is C25H30N2O3. The van der Waals surface area contributed by atoms with Crippen LogP contribution in [0.4, 0.5) is 5.69 Å². The molecule has 2 aromatic carbocycles. The molecule has 30 heavy (non-hydrogen) atoms. The summed E-state index contributed by atoms with van der Waals surface area (Å²) in [5, 5.41) is 3.08. The van der Waals surface area contributed by atoms with E-state index in [4.69, 9.17) is 0 Å². The van der Waals surface area contributed by atoms with Crippen molar-refractivity contribution in [2.45, 2.75) is 59.4 Å². The normalized spacial score (nSPS) is 14.6. The highest BCUT2D eigenvalue weighted by molar-refractivity contribution is 6.23. The summed E-state index contributed by atoms with van der Waals surface area (Å²) in [6, 6.07) is 11.9. The van der Waals surface area contributed by atoms with Crippen molar-refractivity contribution >= 4 is 23.4 Å². The van der Waals surface area contributed by atoms with Crippen LogP contribution in [0.2, 0.25) is 0 Å². The molecule has 2 aromatic rings. The third-order valence-corrected chi connectivity index (χ3v) is 5.62. The molecule has 1 heterocycles. The Balaban J connectivity index is 2.00. The smallest absolute Gasteiger partial charge is 0.262 e. The van der Waals surface area contributed by atoms with Crippen molar-refractivity contribution in [1.29, 1.82) is 0 Å². The topological polar surface area (TPSA) is 66.5 Å². The monoisotopic (exact) mass is 406 g/mol. The molecule has 0 unspecified atom stereocenters. The fourth-order valence-corrected chi connectivity index (χ4v) is 4.07. The second-order valence-electron chi connectivity index (χ2n) is 8.82. The predicted octanol–water partition coefficient (Wildman–Crippen LogP) is 5.19. The van der Waals surface area contributed by atoms with Gasteiger partial charge in [-0.15, -0.1) is 0 Å². The zero-order valence-electron chi connectivity index (χ0n) is 18.5. The molecule has 5 heteroatoms. The van der Waals surface area contributed by atoms with Crippen molar-refractivity contribution in [3.05, 3.63) is 64.7 Å². The van der Waals surface area contributed by atoms with E-state index in [2.05, 4.69) is 33.0 Å². The third-order valence-electron chi connectivity index (χ3n) is 5.62. The number of anilines is 1. The van der Waals surface area contributed by atoms with Gasteiger partial charge >= 0.3 is 0 Å². The standard InChI is InChI=1S/C25H30N2O3/c1-14(2)17-12-9-13-18(15(3)4)21(17)26-23(28)22(16(5)6)27-24(29)19-10-7-8-11-20(19)25(27)30/h7-16,22H,1-6H3,(H,26,28)/t22-/m1/s1. The first-order valence-electron chi connectivity index (χ1n) is 10.6. The summed E-state index contributed by atoms with van der Waals surface area (Å²) in [7, 11) is 0. The summed E-state index contributed by atoms with van der Waals surface area (Å²) in [5.74, 6) is -0.960. The minimum Gasteiger partial charge on any atom is -0.324 e. The van der Waals surface area contributed by atoms with Crippen LogP contribution >= 0.6 is 0 Å². The average molecular weight is 407 g/mol. The number of para-hydroxylation sites is 1. The van der Waals surface area contributed by atoms with E-state index in [0.717, 1.165) is 21.7 Å². The molecule has 1 atom stereocenters. The number of nitrogens with zero attached hydrogens (tertiary/aromatic N) is 1. The van der Waals surface area contributed by atoms with Crippen LogP contribution in [0.15, 0.2) is 42.5 Å². The Labute approximate surface area is 178 Å². The van der Waals surface area contributed by atoms with Crippen molar-refractivity contribution < 1.29 is 14.4 Å². The first-order chi connectivity index (χ1) is 14.1. The lowest BCUT2D eigenvalue weighted by atomic mass is 9.92. The summed E-state index contributed by atoms with van der Waals surface area (Å²) >= 11 is 0. The van der Waals surface area contributed by atoms with Crippen LogP contribution in [0, 0.1) is 5.92 Å². The fraction of sp³-hybridized carbons (Fsp3) is 0.400. The van der Waals surface area contributed by atoms with Gasteiger partial charge in [0, 0.05) is 5.69 Å². The highest BCUT2D eigenvalue weighted by atomic mass is 16.2. The summed E-state index contributed by atoms with van der Waals surface area (Å²) in [5.41, 5.74) is 3.58. The van der Waals surface area contributed by atoms with Gasteiger partial charge in [-0.25, -0.2) is 0 Å². The summed E-state index contributed by atoms with van der Waals surface area (Å²) in [4.78, 5) is 40.6. The van der Waals surface area contributed by atoms with Crippen LogP contribution in [0.3, 0.4) is 0 Å². The zero-order valence-corrected chi connectivity index (χ0v) is 18.5. The van der Waals surface area contributed by atoms with Crippen LogP contribution < -0.4 is 5.32 Å². The number of carbonyl (C=O) groups is 3. The Morgan fingerprint density at radius 1 is 0.767 bits per heavy atom. The summed E-state index contributed by atoms with van der Waals surface area (Å²) < 4.78 is 0. The molecule has 0 fully saturated rings. The number of amides is 3. The van der Waals surface area contributed by atoms with Gasteiger partial charge in [0.1, 0.15) is 6.04 Å². The van der Waals surface area contributed by atoms with Gasteiger partial charge in [-0.05, 0) is 41.0 Å². The first kappa shape index (κ1) is 21.8. The second-order valence-corrected chi connectivity index (χ2v) is 8.82. The Morgan fingerprint density at radius 3 is 1.63 bits per heavy atom. The van der Waals surface area contributed by atoms with E-state index in [9.17, 15) is 14.4 Å². The molecule has 3 rings (SSSR count). The van der Waals surface area contributed by atoms with Crippen molar-refractivity contribution in [2.75, 3.05) is 5.32 Å². The van der Waals surface area contributed by atoms with Crippen LogP contribution in [-0.2, 0) is 4.79 Å². The van der Waals surface area contributed by atoms with Crippen molar-refractivity contribution in [1.82, 2.24) is 4.90 Å². The largest absolute Gasteiger partial charge is 0.324 e. The van der Waals surface area contributed by atoms with Gasteiger partial charge in [-0.2, -0.15) is 0 Å². The fourth-order valence-electron chi connectivity index (χ4n) is 4.07. The Hall–Kier alpha value is -2.95. The van der Waals surface area contributed by atoms with E-state index in [-0.39, 0.29) is 23.7 Å². The molecule has 1 aliphatic rings. The SMILES string of the molecule is CC(C)c1cccc(C(C)C)c1NC(=O)[C@@H](C(C)C)N1C(=O)c2ccccc2C1=O. The lowest BCUT2D eigenvalue weighted by molar-refractivity contribution is -0.121. The molecule has 1 aliphatic heterocycles. The maximum atomic E-state index is 13.5. The van der Waals surface area contributed by atoms with E-state index in [1.807, 2.05) is 32.0 Å². The quantitative estimate of drug-likeness (QED) is 0.671. The number of hydrogen-bond donors (Lipinski definition) is 1. The van der Waals surface area contributed by atoms with Crippen LogP contribution in [0.25, 0.3) is 0 Å². The van der Waals surface area contributed by atoms with Gasteiger partial charge in [-0.3, -0.25) is 19.3 Å². The van der Waals surface area contributed by atoms with Gasteiger partial charge in [0.05, 0.1) is 11.1 Å². The Bertz CT molecular complexity index is 930. The molecule has 0 aliphatic carbocycles. The molecule has 1 N–H and O–H groups in total. The zero-order chi connectivity index (χ0) is 22.2. The molecule has 0 saturated heterocycles. The van der Waals surface area contributed by atoms with Gasteiger partial charge in [0.2, 0.25) is 5.91 Å². The highest BCUT2D eigenvalue weighted by Crippen LogP contribution is 2.34. The Morgan fingerprint density at radius 2 is 1.23 bits per heavy atom. The van der Waals surface area contributed by atoms with E-state index >= 15 is 0 Å². The van der Waals surface area contributed by atoms with Gasteiger partial charge < -0.3 is 5.32 Å². The van der Waals surface area contributed by atoms with Crippen LogP contribution in [0.5, 0.6) is 0 Å². The highest BCUT2D eigenvalue weighted by Gasteiger charge is 2.44. The number of fused-ring (bicyclic) bond motifs is 1. The summed E-state index contributed by atoms with van der Waals surface area (Å²) in [6.45, 7) is 12.0. The molecule has 158 valence electrons. The van der Waals surface area contributed by atoms with Crippen molar-refractivity contribution in [3.63, 3.8) is 0 Å². The number of rotatable bonds is 6. The second kappa shape index (κ2) is 8.42. The minimum atomic E-state index is -0.891. The number of carbonyl (C=O) groups excluding carboxylic acids is 3. The lowest BCUT2D eigenvalue weighted by Crippen LogP contribution is -2.50. The molecule has 0 saturated carbocycles. The molecule has 0 radical (unpaired) electrons. The van der Waals surface area contributed by atoms with Gasteiger partial charge in [0.15, 0.2) is 0 Å². The summed E-state index contributed by atoms with van der Waals surface area (Å²) in [6.07, 6.45) is 0. The number of hydrogen-bond acceptors (Lipinski definition) is 3. The van der Waals surface area contributed by atoms with E-state index in [1.165, 1.54) is 0 Å². The van der Waals surface area contributed by atoms with E-state index in [0.29, 0.717) is 11.1 Å². The number of nitrogens with one attached hydrogen (secondary N) is 1. The maximum absolute atomic E-state index is 13.5. The molecular weight excluding hydrogens is 376 g/mol. The average Bonchev–Trinajstić information content (AvgIpc) is 2.93. The van der Waals surface area contributed by atoms with Crippen LogP contribution in [0.1, 0.15) is 85.2 Å². The lowest BCUT2D eigenvalue weighted by Gasteiger charge is -2.30. The van der Waals surface area contributed by atoms with E-state index < -0.39 is 17.9 Å². The van der Waals surface area contributed by atoms with Gasteiger partial charge in [-0.1, -0.05) is 71.9 Å². The number of benzene rings is 2. The molecule has 3 amide bonds. The minimum absolute atomic E-state index is 0.218. The molecule has 5 nitrogen and oxygen atoms in total. The molecule has 0 aromatic heterocycles. The maximum Gasteiger partial charge on any atom is 0.262 e. The van der Waals surface area contributed by atoms with E-state index in [1.54, 1.807) is 24.3 Å². The first-order valence-corrected chi connectivity index (χ1v) is 10.6. The van der Waals surface area contributed by atoms with Crippen molar-refractivity contribution in [3.8, 4) is 0 Å². The third kappa shape index (κ3) is 3.76. The molecule has 0 spiro atoms. The van der Waals surface area contributed by atoms with Crippen LogP contribution in [-0.4, -0.2) is 28.7 Å². The number of imide groups is 1.